The molecule has 2 atom stereocenters. The van der Waals surface area contributed by atoms with E-state index in [2.05, 4.69) is 20.7 Å². The maximum Gasteiger partial charge on any atom is 1.00 e. The zero-order valence-corrected chi connectivity index (χ0v) is 13.6. The van der Waals surface area contributed by atoms with E-state index in [1.807, 2.05) is 0 Å². The third-order valence-corrected chi connectivity index (χ3v) is 1.43. The van der Waals surface area contributed by atoms with E-state index in [1.165, 1.54) is 14.0 Å². The minimum atomic E-state index is -0.928. The molecule has 0 aliphatic carbocycles. The van der Waals surface area contributed by atoms with Gasteiger partial charge in [0.05, 0.1) is 0 Å². The second kappa shape index (κ2) is 17.7. The molecule has 0 aromatic heterocycles. The van der Waals surface area contributed by atoms with E-state index in [1.54, 1.807) is 6.92 Å². The third kappa shape index (κ3) is 23.9. The number of carboxylic acid groups (broad SMARTS) is 2. The molecule has 2 unspecified atom stereocenters. The van der Waals surface area contributed by atoms with Gasteiger partial charge in [-0.05, 0) is 13.8 Å². The van der Waals surface area contributed by atoms with Crippen molar-refractivity contribution in [3.8, 4) is 0 Å². The average molecular weight is 311 g/mol. The summed E-state index contributed by atoms with van der Waals surface area (Å²) in [6, 6.07) is 0. The number of hydrogen-bond acceptors (Lipinski definition) is 4. The molecule has 92 valence electrons. The van der Waals surface area contributed by atoms with Crippen molar-refractivity contribution in [2.24, 2.45) is 0 Å². The Morgan fingerprint density at radius 3 is 1.44 bits per heavy atom. The molecule has 6 nitrogen and oxygen atoms in total. The number of aliphatic carboxylic acids is 2. The number of halogens is 1. The van der Waals surface area contributed by atoms with E-state index in [0.29, 0.717) is 0 Å². The third-order valence-electron chi connectivity index (χ3n) is 1.04. The first-order chi connectivity index (χ1) is 6.82. The second-order valence-electron chi connectivity index (χ2n) is 2.17. The van der Waals surface area contributed by atoms with Crippen LogP contribution in [0.25, 0.3) is 0 Å². The SMILES string of the molecule is CC(Br)C(=O)O.COC(C)C(=O)O.C[O-].[Na+]. The zero-order chi connectivity index (χ0) is 13.0. The zero-order valence-electron chi connectivity index (χ0n) is 10.1. The average Bonchev–Trinajstić information content (AvgIpc) is 2.20. The summed E-state index contributed by atoms with van der Waals surface area (Å²) in [6.45, 7) is 3.03. The van der Waals surface area contributed by atoms with E-state index in [0.717, 1.165) is 7.11 Å². The number of carbonyl (C=O) groups is 2. The first-order valence-corrected chi connectivity index (χ1v) is 4.77. The van der Waals surface area contributed by atoms with E-state index in [-0.39, 0.29) is 29.6 Å². The second-order valence-corrected chi connectivity index (χ2v) is 3.54. The fraction of sp³-hybridized carbons (Fsp3) is 0.750. The Kier molecular flexibility index (Phi) is 28.0. The number of ether oxygens (including phenoxy) is 1. The number of hydrogen-bond donors (Lipinski definition) is 2. The van der Waals surface area contributed by atoms with Crippen molar-refractivity contribution >= 4 is 27.9 Å². The van der Waals surface area contributed by atoms with Crippen LogP contribution in [0.15, 0.2) is 0 Å². The molecule has 0 fully saturated rings. The largest absolute Gasteiger partial charge is 1.00 e. The Labute approximate surface area is 125 Å². The maximum atomic E-state index is 9.81. The Morgan fingerprint density at radius 1 is 1.19 bits per heavy atom. The molecule has 0 amide bonds. The predicted molar refractivity (Wildman–Crippen MR) is 56.1 cm³/mol. The summed E-state index contributed by atoms with van der Waals surface area (Å²) < 4.78 is 4.41. The molecule has 0 aliphatic rings. The van der Waals surface area contributed by atoms with Gasteiger partial charge in [-0.3, -0.25) is 4.79 Å². The van der Waals surface area contributed by atoms with Gasteiger partial charge in [-0.15, -0.1) is 0 Å². The monoisotopic (exact) mass is 310 g/mol. The summed E-state index contributed by atoms with van der Waals surface area (Å²) in [4.78, 5) is 19.0. The first-order valence-electron chi connectivity index (χ1n) is 3.86. The summed E-state index contributed by atoms with van der Waals surface area (Å²) in [6.07, 6.45) is -0.681. The van der Waals surface area contributed by atoms with E-state index in [9.17, 15) is 9.59 Å². The Balaban J connectivity index is -0.0000000743. The van der Waals surface area contributed by atoms with Crippen molar-refractivity contribution in [1.29, 1.82) is 0 Å². The normalized spacial score (nSPS) is 11.4. The molecular formula is C8H16BrNaO6. The molecule has 2 N–H and O–H groups in total. The number of carboxylic acids is 2. The van der Waals surface area contributed by atoms with E-state index >= 15 is 0 Å². The van der Waals surface area contributed by atoms with Crippen LogP contribution in [0, 0.1) is 0 Å². The van der Waals surface area contributed by atoms with Gasteiger partial charge in [0, 0.05) is 7.11 Å². The van der Waals surface area contributed by atoms with Crippen LogP contribution >= 0.6 is 15.9 Å². The van der Waals surface area contributed by atoms with Gasteiger partial charge < -0.3 is 20.1 Å². The van der Waals surface area contributed by atoms with Crippen LogP contribution in [0.1, 0.15) is 13.8 Å². The van der Waals surface area contributed by atoms with Gasteiger partial charge in [0.2, 0.25) is 0 Å². The van der Waals surface area contributed by atoms with Gasteiger partial charge in [0.1, 0.15) is 4.83 Å². The molecule has 0 aliphatic heterocycles. The molecule has 0 aromatic carbocycles. The van der Waals surface area contributed by atoms with Gasteiger partial charge in [0.15, 0.2) is 6.10 Å². The van der Waals surface area contributed by atoms with E-state index < -0.39 is 22.9 Å². The molecule has 0 saturated carbocycles. The fourth-order valence-electron chi connectivity index (χ4n) is 0.101. The Morgan fingerprint density at radius 2 is 1.44 bits per heavy atom. The molecule has 0 bridgehead atoms. The minimum absolute atomic E-state index is 0. The molecular weight excluding hydrogens is 295 g/mol. The smallest absolute Gasteiger partial charge is 0.857 e. The number of methoxy groups -OCH3 is 1. The number of rotatable bonds is 3. The molecule has 8 heteroatoms. The Hall–Kier alpha value is 0.340. The van der Waals surface area contributed by atoms with Gasteiger partial charge in [-0.25, -0.2) is 4.79 Å². The van der Waals surface area contributed by atoms with Gasteiger partial charge in [-0.1, -0.05) is 15.9 Å². The van der Waals surface area contributed by atoms with Crippen LogP contribution in [-0.4, -0.2) is 47.3 Å². The van der Waals surface area contributed by atoms with Crippen molar-refractivity contribution in [3.63, 3.8) is 0 Å². The number of alkyl halides is 1. The maximum absolute atomic E-state index is 9.81. The first kappa shape index (κ1) is 25.3. The van der Waals surface area contributed by atoms with Crippen LogP contribution < -0.4 is 34.7 Å². The van der Waals surface area contributed by atoms with Crippen LogP contribution in [0.2, 0.25) is 0 Å². The van der Waals surface area contributed by atoms with Crippen molar-refractivity contribution in [2.45, 2.75) is 24.8 Å². The molecule has 16 heavy (non-hydrogen) atoms. The fourth-order valence-corrected chi connectivity index (χ4v) is 0.101. The van der Waals surface area contributed by atoms with Gasteiger partial charge in [0.25, 0.3) is 0 Å². The van der Waals surface area contributed by atoms with Crippen molar-refractivity contribution in [3.05, 3.63) is 0 Å². The van der Waals surface area contributed by atoms with Crippen LogP contribution in [0.5, 0.6) is 0 Å². The van der Waals surface area contributed by atoms with Gasteiger partial charge in [-0.2, -0.15) is 7.11 Å². The summed E-state index contributed by atoms with van der Waals surface area (Å²) in [5.41, 5.74) is 0. The topological polar surface area (TPSA) is 107 Å². The summed E-state index contributed by atoms with van der Waals surface area (Å²) in [5.74, 6) is -1.75. The molecule has 0 rings (SSSR count). The van der Waals surface area contributed by atoms with Gasteiger partial charge >= 0.3 is 41.5 Å². The van der Waals surface area contributed by atoms with Crippen LogP contribution in [0.4, 0.5) is 0 Å². The molecule has 0 heterocycles. The quantitative estimate of drug-likeness (QED) is 0.423. The van der Waals surface area contributed by atoms with E-state index in [4.69, 9.17) is 15.3 Å². The van der Waals surface area contributed by atoms with Crippen molar-refractivity contribution in [2.75, 3.05) is 14.2 Å². The molecule has 0 spiro atoms. The minimum Gasteiger partial charge on any atom is -0.857 e. The van der Waals surface area contributed by atoms with Crippen LogP contribution in [0.3, 0.4) is 0 Å². The Bertz CT molecular complexity index is 176. The van der Waals surface area contributed by atoms with Crippen LogP contribution in [-0.2, 0) is 14.3 Å². The van der Waals surface area contributed by atoms with Crippen molar-refractivity contribution in [1.82, 2.24) is 0 Å². The summed E-state index contributed by atoms with van der Waals surface area (Å²) in [7, 11) is 2.11. The standard InChI is InChI=1S/C4H8O3.C3H5BrO2.CH3O.Na/c1-3(7-2)4(5)6;1-2(4)3(5)6;1-2;/h3H,1-2H3,(H,5,6);2H,1H3,(H,5,6);1H3;/q;;-1;+1. The molecule has 0 saturated heterocycles. The van der Waals surface area contributed by atoms with Crippen molar-refractivity contribution < 1.29 is 59.2 Å². The summed E-state index contributed by atoms with van der Waals surface area (Å²) >= 11 is 2.84. The molecule has 0 radical (unpaired) electrons. The summed E-state index contributed by atoms with van der Waals surface area (Å²) in [5, 5.41) is 24.3. The molecule has 0 aromatic rings. The predicted octanol–water partition coefficient (Wildman–Crippen LogP) is -3.06.